The van der Waals surface area contributed by atoms with Crippen LogP contribution in [0.2, 0.25) is 0 Å². The lowest BCUT2D eigenvalue weighted by Gasteiger charge is -2.30. The van der Waals surface area contributed by atoms with E-state index in [1.54, 1.807) is 0 Å². The van der Waals surface area contributed by atoms with Crippen LogP contribution in [0.3, 0.4) is 0 Å². The van der Waals surface area contributed by atoms with Gasteiger partial charge in [0.15, 0.2) is 0 Å². The number of anilines is 6. The van der Waals surface area contributed by atoms with Crippen LogP contribution in [0, 0.1) is 0 Å². The van der Waals surface area contributed by atoms with Crippen molar-refractivity contribution in [1.82, 2.24) is 0 Å². The van der Waals surface area contributed by atoms with E-state index in [1.807, 2.05) is 45.3 Å². The molecular formula is C121H100N2S4. The van der Waals surface area contributed by atoms with E-state index in [9.17, 15) is 0 Å². The zero-order valence-corrected chi connectivity index (χ0v) is 77.3. The summed E-state index contributed by atoms with van der Waals surface area (Å²) in [5, 5.41) is 13.9. The van der Waals surface area contributed by atoms with Gasteiger partial charge in [0.1, 0.15) is 0 Å². The molecule has 1 aliphatic carbocycles. The van der Waals surface area contributed by atoms with Crippen molar-refractivity contribution in [3.05, 3.63) is 390 Å². The number of benzene rings is 17. The van der Waals surface area contributed by atoms with Gasteiger partial charge in [0.05, 0.1) is 22.7 Å². The van der Waals surface area contributed by atoms with Crippen molar-refractivity contribution in [2.45, 2.75) is 124 Å². The van der Waals surface area contributed by atoms with Crippen LogP contribution in [0.5, 0.6) is 0 Å². The first-order valence-corrected chi connectivity index (χ1v) is 48.1. The molecule has 0 aliphatic heterocycles. The van der Waals surface area contributed by atoms with E-state index in [4.69, 9.17) is 0 Å². The van der Waals surface area contributed by atoms with Crippen molar-refractivity contribution in [2.75, 3.05) is 9.80 Å². The minimum Gasteiger partial charge on any atom is -0.309 e. The number of hydrogen-bond donors (Lipinski definition) is 0. The van der Waals surface area contributed by atoms with E-state index < -0.39 is 0 Å². The Bertz CT molecular complexity index is 7980. The van der Waals surface area contributed by atoms with Crippen LogP contribution in [0.25, 0.3) is 165 Å². The molecule has 0 N–H and O–H groups in total. The SMILES string of the molecule is CC1CC=Cc2c1sc1cccc(-c3ccc(N(c4ccccc4-c4cccc5cccc(-c6cc(C(C)(C)C)cc(C(C)(C)Cc7ccc8c(c7)sc7c(-c9cccc(N(c%10ccccc%10-c%10cccc%11cccc(-c%12cc(C(C)(C)C)cc(C(C)(C)C)c%12)c%10%11)c%10cccc%11sc%12ccccc%12c%10%11)c9)cccc78)c6)c45)c4cccc5sc6ccccc6c45)cc3)c21. The predicted octanol–water partition coefficient (Wildman–Crippen LogP) is 37.2. The third-order valence-corrected chi connectivity index (χ3v) is 31.7. The molecule has 4 heterocycles. The molecule has 0 fully saturated rings. The van der Waals surface area contributed by atoms with Gasteiger partial charge in [0, 0.05) is 98.0 Å². The van der Waals surface area contributed by atoms with Crippen LogP contribution in [-0.4, -0.2) is 0 Å². The molecule has 1 aliphatic rings. The summed E-state index contributed by atoms with van der Waals surface area (Å²) in [5.74, 6) is 0.513. The van der Waals surface area contributed by atoms with E-state index in [-0.39, 0.29) is 21.7 Å². The van der Waals surface area contributed by atoms with Gasteiger partial charge in [-0.05, 0) is 236 Å². The average Bonchev–Trinajstić information content (AvgIpc) is 1.70. The third-order valence-electron chi connectivity index (χ3n) is 26.9. The van der Waals surface area contributed by atoms with E-state index in [1.165, 1.54) is 197 Å². The van der Waals surface area contributed by atoms with Crippen molar-refractivity contribution in [1.29, 1.82) is 0 Å². The average molecular weight is 1710 g/mol. The Kier molecular flexibility index (Phi) is 19.6. The molecule has 0 bridgehead atoms. The molecule has 0 radical (unpaired) electrons. The highest BCUT2D eigenvalue weighted by Crippen LogP contribution is 2.55. The summed E-state index contributed by atoms with van der Waals surface area (Å²) in [6, 6.07) is 133. The van der Waals surface area contributed by atoms with E-state index in [0.29, 0.717) is 5.92 Å². The third kappa shape index (κ3) is 14.1. The fraction of sp³-hybridized carbons (Fsp3) is 0.157. The number of rotatable bonds is 15. The van der Waals surface area contributed by atoms with Crippen LogP contribution in [-0.2, 0) is 28.1 Å². The van der Waals surface area contributed by atoms with Gasteiger partial charge in [-0.3, -0.25) is 0 Å². The summed E-state index contributed by atoms with van der Waals surface area (Å²) in [5.41, 5.74) is 28.9. The predicted molar refractivity (Wildman–Crippen MR) is 559 cm³/mol. The van der Waals surface area contributed by atoms with Crippen molar-refractivity contribution in [3.8, 4) is 66.8 Å². The largest absolute Gasteiger partial charge is 0.309 e. The Labute approximate surface area is 761 Å². The molecule has 127 heavy (non-hydrogen) atoms. The molecule has 1 unspecified atom stereocenters. The Morgan fingerprint density at radius 3 is 1.28 bits per heavy atom. The quantitative estimate of drug-likeness (QED) is 0.101. The molecule has 21 aromatic rings. The molecule has 1 atom stereocenters. The lowest BCUT2D eigenvalue weighted by Crippen LogP contribution is -2.22. The molecule has 6 heteroatoms. The van der Waals surface area contributed by atoms with Crippen LogP contribution >= 0.6 is 45.3 Å². The maximum Gasteiger partial charge on any atom is 0.0555 e. The molecule has 0 amide bonds. The van der Waals surface area contributed by atoms with Crippen molar-refractivity contribution < 1.29 is 0 Å². The smallest absolute Gasteiger partial charge is 0.0555 e. The van der Waals surface area contributed by atoms with Crippen molar-refractivity contribution in [3.63, 3.8) is 0 Å². The number of allylic oxidation sites excluding steroid dienone is 1. The summed E-state index contributed by atoms with van der Waals surface area (Å²) in [4.78, 5) is 6.61. The fourth-order valence-electron chi connectivity index (χ4n) is 20.2. The number of nitrogens with zero attached hydrogens (tertiary/aromatic N) is 2. The molecule has 22 rings (SSSR count). The zero-order chi connectivity index (χ0) is 86.5. The van der Waals surface area contributed by atoms with E-state index in [0.717, 1.165) is 47.0 Å². The number of thiophene rings is 4. The minimum absolute atomic E-state index is 0.0415. The maximum absolute atomic E-state index is 2.57. The standard InChI is InChI=1S/C121H100N2S4/c1-74-31-21-49-100-113-88(44-28-56-107(113)126-116(74)100)76-60-62-86(63-61-76)122(103-52-29-57-108-114(103)98-40-15-19-54-105(98)124-108)101-50-17-13-38-92(101)95-46-25-35-78-33-24-43-90(112(78)95)81-68-84(120(8,9)10)72-85(69-81)121(11,12)73-75-59-64-94-97-48-27-45-91(117(97)127-110(94)65-75)79-36-22-37-87(70-79)123(104-53-30-58-109-115(104)99-41-16-20-55-106(99)125-109)102-51-18-14-39-93(102)96-47-26-34-77-32-23-42-89(111(77)96)80-66-82(118(2,3)4)71-83(67-80)119(5,6)7/h13-30,32-72,74H,31,73H2,1-12H3. The van der Waals surface area contributed by atoms with Gasteiger partial charge in [0.2, 0.25) is 0 Å². The summed E-state index contributed by atoms with van der Waals surface area (Å²) >= 11 is 7.64. The molecule has 4 aromatic heterocycles. The van der Waals surface area contributed by atoms with Crippen molar-refractivity contribution >= 4 is 178 Å². The lowest BCUT2D eigenvalue weighted by molar-refractivity contribution is 0.518. The maximum atomic E-state index is 2.57. The van der Waals surface area contributed by atoms with E-state index in [2.05, 4.69) is 451 Å². The van der Waals surface area contributed by atoms with Crippen LogP contribution < -0.4 is 9.80 Å². The summed E-state index contributed by atoms with van der Waals surface area (Å²) in [6.45, 7) is 28.5. The molecule has 2 nitrogen and oxygen atoms in total. The topological polar surface area (TPSA) is 6.48 Å². The Hall–Kier alpha value is -12.8. The summed E-state index contributed by atoms with van der Waals surface area (Å²) in [6.07, 6.45) is 6.68. The minimum atomic E-state index is -0.269. The van der Waals surface area contributed by atoms with E-state index >= 15 is 0 Å². The van der Waals surface area contributed by atoms with Gasteiger partial charge >= 0.3 is 0 Å². The van der Waals surface area contributed by atoms with Crippen molar-refractivity contribution in [2.24, 2.45) is 0 Å². The highest BCUT2D eigenvalue weighted by Gasteiger charge is 2.32. The second kappa shape index (κ2) is 31.1. The zero-order valence-electron chi connectivity index (χ0n) is 74.1. The molecule has 0 saturated carbocycles. The Morgan fingerprint density at radius 1 is 0.283 bits per heavy atom. The first kappa shape index (κ1) is 80.1. The van der Waals surface area contributed by atoms with Crippen LogP contribution in [0.4, 0.5) is 34.1 Å². The normalized spacial score (nSPS) is 13.4. The highest BCUT2D eigenvalue weighted by atomic mass is 32.1. The number of para-hydroxylation sites is 2. The fourth-order valence-corrected chi connectivity index (χ4v) is 25.1. The van der Waals surface area contributed by atoms with Gasteiger partial charge < -0.3 is 9.80 Å². The second-order valence-electron chi connectivity index (χ2n) is 38.8. The molecule has 17 aromatic carbocycles. The Balaban J connectivity index is 0.631. The molecular weight excluding hydrogens is 1610 g/mol. The number of fused-ring (bicyclic) bond motifs is 14. The van der Waals surface area contributed by atoms with Crippen LogP contribution in [0.1, 0.15) is 134 Å². The van der Waals surface area contributed by atoms with Gasteiger partial charge in [-0.25, -0.2) is 0 Å². The van der Waals surface area contributed by atoms with Gasteiger partial charge in [-0.1, -0.05) is 356 Å². The molecule has 618 valence electrons. The first-order chi connectivity index (χ1) is 61.5. The highest BCUT2D eigenvalue weighted by molar-refractivity contribution is 7.27. The van der Waals surface area contributed by atoms with Crippen LogP contribution in [0.15, 0.2) is 352 Å². The Morgan fingerprint density at radius 2 is 0.717 bits per heavy atom. The first-order valence-electron chi connectivity index (χ1n) is 44.8. The van der Waals surface area contributed by atoms with Gasteiger partial charge in [-0.2, -0.15) is 0 Å². The van der Waals surface area contributed by atoms with Gasteiger partial charge in [0.25, 0.3) is 0 Å². The monoisotopic (exact) mass is 1710 g/mol. The van der Waals surface area contributed by atoms with Gasteiger partial charge in [-0.15, -0.1) is 45.3 Å². The second-order valence-corrected chi connectivity index (χ2v) is 43.1. The summed E-state index contributed by atoms with van der Waals surface area (Å²) in [7, 11) is 0. The summed E-state index contributed by atoms with van der Waals surface area (Å²) < 4.78 is 9.05. The molecule has 0 spiro atoms. The number of hydrogen-bond acceptors (Lipinski definition) is 6. The molecule has 0 saturated heterocycles. The lowest BCUT2D eigenvalue weighted by atomic mass is 9.75.